The van der Waals surface area contributed by atoms with Crippen molar-refractivity contribution in [1.82, 2.24) is 10.3 Å². The Balaban J connectivity index is 1.61. The van der Waals surface area contributed by atoms with Gasteiger partial charge in [-0.25, -0.2) is 0 Å². The number of hydrogen-bond donors (Lipinski definition) is 2. The van der Waals surface area contributed by atoms with Gasteiger partial charge in [-0.2, -0.15) is 0 Å². The molecule has 0 radical (unpaired) electrons. The van der Waals surface area contributed by atoms with Crippen molar-refractivity contribution in [2.24, 2.45) is 0 Å². The molecule has 0 bridgehead atoms. The molecule has 0 saturated heterocycles. The number of ether oxygens (including phenoxy) is 1. The third-order valence-electron chi connectivity index (χ3n) is 3.90. The van der Waals surface area contributed by atoms with Crippen LogP contribution in [0.1, 0.15) is 11.1 Å². The minimum Gasteiger partial charge on any atom is -0.497 e. The van der Waals surface area contributed by atoms with Crippen molar-refractivity contribution < 1.29 is 4.74 Å². The molecule has 4 nitrogen and oxygen atoms in total. The Labute approximate surface area is 135 Å². The Morgan fingerprint density at radius 3 is 2.65 bits per heavy atom. The number of nitrogens with one attached hydrogen (secondary N) is 2. The molecule has 3 rings (SSSR count). The molecule has 0 amide bonds. The number of aromatic nitrogens is 1. The highest BCUT2D eigenvalue weighted by atomic mass is 16.5. The van der Waals surface area contributed by atoms with E-state index in [1.54, 1.807) is 13.2 Å². The molecule has 0 spiro atoms. The van der Waals surface area contributed by atoms with E-state index < -0.39 is 0 Å². The van der Waals surface area contributed by atoms with Crippen molar-refractivity contribution >= 4 is 10.9 Å². The molecule has 0 atom stereocenters. The molecule has 0 aliphatic rings. The van der Waals surface area contributed by atoms with Gasteiger partial charge in [-0.1, -0.05) is 30.3 Å². The molecule has 0 unspecified atom stereocenters. The SMILES string of the molecule is COc1ccc(CNCCc2cc(=O)[nH]c3ccccc23)cc1. The molecule has 3 aromatic rings. The van der Waals surface area contributed by atoms with Gasteiger partial charge in [0, 0.05) is 23.5 Å². The Bertz CT molecular complexity index is 838. The maximum atomic E-state index is 11.7. The summed E-state index contributed by atoms with van der Waals surface area (Å²) in [6, 6.07) is 17.6. The quantitative estimate of drug-likeness (QED) is 0.689. The maximum Gasteiger partial charge on any atom is 0.248 e. The maximum absolute atomic E-state index is 11.7. The molecule has 23 heavy (non-hydrogen) atoms. The van der Waals surface area contributed by atoms with Gasteiger partial charge in [-0.15, -0.1) is 0 Å². The minimum atomic E-state index is -0.0474. The molecule has 4 heteroatoms. The van der Waals surface area contributed by atoms with Gasteiger partial charge in [0.05, 0.1) is 7.11 Å². The Morgan fingerprint density at radius 2 is 1.87 bits per heavy atom. The van der Waals surface area contributed by atoms with Crippen LogP contribution in [0.25, 0.3) is 10.9 Å². The first-order valence-electron chi connectivity index (χ1n) is 7.71. The fourth-order valence-corrected chi connectivity index (χ4v) is 2.68. The third kappa shape index (κ3) is 3.79. The third-order valence-corrected chi connectivity index (χ3v) is 3.90. The van der Waals surface area contributed by atoms with Gasteiger partial charge in [-0.05, 0) is 42.3 Å². The van der Waals surface area contributed by atoms with Crippen LogP contribution in [0, 0.1) is 0 Å². The lowest BCUT2D eigenvalue weighted by Crippen LogP contribution is -2.18. The first kappa shape index (κ1) is 15.3. The molecule has 0 aliphatic carbocycles. The predicted molar refractivity (Wildman–Crippen MR) is 93.0 cm³/mol. The number of aromatic amines is 1. The zero-order valence-electron chi connectivity index (χ0n) is 13.1. The number of benzene rings is 2. The number of hydrogen-bond acceptors (Lipinski definition) is 3. The number of methoxy groups -OCH3 is 1. The molecule has 0 fully saturated rings. The van der Waals surface area contributed by atoms with E-state index >= 15 is 0 Å². The van der Waals surface area contributed by atoms with Gasteiger partial charge < -0.3 is 15.0 Å². The van der Waals surface area contributed by atoms with E-state index in [4.69, 9.17) is 4.74 Å². The lowest BCUT2D eigenvalue weighted by molar-refractivity contribution is 0.414. The minimum absolute atomic E-state index is 0.0474. The van der Waals surface area contributed by atoms with Gasteiger partial charge in [0.1, 0.15) is 5.75 Å². The standard InChI is InChI=1S/C19H20N2O2/c1-23-16-8-6-14(7-9-16)13-20-11-10-15-12-19(22)21-18-5-3-2-4-17(15)18/h2-9,12,20H,10-11,13H2,1H3,(H,21,22). The van der Waals surface area contributed by atoms with Crippen LogP contribution in [-0.2, 0) is 13.0 Å². The summed E-state index contributed by atoms with van der Waals surface area (Å²) in [5.74, 6) is 0.865. The van der Waals surface area contributed by atoms with Crippen molar-refractivity contribution in [3.05, 3.63) is 76.1 Å². The van der Waals surface area contributed by atoms with E-state index in [1.165, 1.54) is 5.56 Å². The van der Waals surface area contributed by atoms with Gasteiger partial charge in [0.25, 0.3) is 0 Å². The Hall–Kier alpha value is -2.59. The zero-order valence-corrected chi connectivity index (χ0v) is 13.1. The van der Waals surface area contributed by atoms with Crippen molar-refractivity contribution in [2.75, 3.05) is 13.7 Å². The molecule has 0 saturated carbocycles. The molecule has 0 aliphatic heterocycles. The predicted octanol–water partition coefficient (Wildman–Crippen LogP) is 2.87. The monoisotopic (exact) mass is 308 g/mol. The van der Waals surface area contributed by atoms with E-state index in [-0.39, 0.29) is 5.56 Å². The number of fused-ring (bicyclic) bond motifs is 1. The van der Waals surface area contributed by atoms with Crippen LogP contribution in [0.2, 0.25) is 0 Å². The summed E-state index contributed by atoms with van der Waals surface area (Å²) in [6.45, 7) is 1.62. The molecule has 1 heterocycles. The lowest BCUT2D eigenvalue weighted by atomic mass is 10.1. The van der Waals surface area contributed by atoms with Crippen LogP contribution in [0.5, 0.6) is 5.75 Å². The van der Waals surface area contributed by atoms with Crippen molar-refractivity contribution in [1.29, 1.82) is 0 Å². The molecule has 118 valence electrons. The van der Waals surface area contributed by atoms with Crippen molar-refractivity contribution in [2.45, 2.75) is 13.0 Å². The number of pyridine rings is 1. The summed E-state index contributed by atoms with van der Waals surface area (Å²) in [7, 11) is 1.67. The van der Waals surface area contributed by atoms with E-state index in [1.807, 2.05) is 36.4 Å². The topological polar surface area (TPSA) is 54.1 Å². The van der Waals surface area contributed by atoms with Crippen LogP contribution in [0.4, 0.5) is 0 Å². The molecular formula is C19H20N2O2. The van der Waals surface area contributed by atoms with Gasteiger partial charge in [0.15, 0.2) is 0 Å². The van der Waals surface area contributed by atoms with Crippen molar-refractivity contribution in [3.8, 4) is 5.75 Å². The average molecular weight is 308 g/mol. The largest absolute Gasteiger partial charge is 0.497 e. The highest BCUT2D eigenvalue weighted by Gasteiger charge is 2.03. The van der Waals surface area contributed by atoms with Gasteiger partial charge in [0.2, 0.25) is 5.56 Å². The van der Waals surface area contributed by atoms with Crippen LogP contribution < -0.4 is 15.6 Å². The second-order valence-electron chi connectivity index (χ2n) is 5.48. The fraction of sp³-hybridized carbons (Fsp3) is 0.211. The summed E-state index contributed by atoms with van der Waals surface area (Å²) in [5.41, 5.74) is 3.13. The lowest BCUT2D eigenvalue weighted by Gasteiger charge is -2.08. The summed E-state index contributed by atoms with van der Waals surface area (Å²) in [6.07, 6.45) is 0.820. The number of para-hydroxylation sites is 1. The number of H-pyrrole nitrogens is 1. The highest BCUT2D eigenvalue weighted by molar-refractivity contribution is 5.81. The van der Waals surface area contributed by atoms with Crippen molar-refractivity contribution in [3.63, 3.8) is 0 Å². The zero-order chi connectivity index (χ0) is 16.1. The Morgan fingerprint density at radius 1 is 1.09 bits per heavy atom. The molecular weight excluding hydrogens is 288 g/mol. The molecule has 2 aromatic carbocycles. The smallest absolute Gasteiger partial charge is 0.248 e. The molecule has 2 N–H and O–H groups in total. The van der Waals surface area contributed by atoms with Crippen LogP contribution >= 0.6 is 0 Å². The van der Waals surface area contributed by atoms with E-state index in [9.17, 15) is 4.79 Å². The Kier molecular flexibility index (Phi) is 4.74. The van der Waals surface area contributed by atoms with Gasteiger partial charge >= 0.3 is 0 Å². The van der Waals surface area contributed by atoms with Crippen LogP contribution in [0.15, 0.2) is 59.4 Å². The summed E-state index contributed by atoms with van der Waals surface area (Å²) in [4.78, 5) is 14.6. The normalized spacial score (nSPS) is 10.8. The first-order valence-corrected chi connectivity index (χ1v) is 7.71. The average Bonchev–Trinajstić information content (AvgIpc) is 2.59. The first-order chi connectivity index (χ1) is 11.3. The summed E-state index contributed by atoms with van der Waals surface area (Å²) >= 11 is 0. The summed E-state index contributed by atoms with van der Waals surface area (Å²) in [5, 5.41) is 4.53. The molecule has 1 aromatic heterocycles. The fourth-order valence-electron chi connectivity index (χ4n) is 2.68. The van der Waals surface area contributed by atoms with E-state index in [0.29, 0.717) is 0 Å². The highest BCUT2D eigenvalue weighted by Crippen LogP contribution is 2.15. The van der Waals surface area contributed by atoms with E-state index in [0.717, 1.165) is 41.7 Å². The van der Waals surface area contributed by atoms with Gasteiger partial charge in [-0.3, -0.25) is 4.79 Å². The van der Waals surface area contributed by atoms with Crippen LogP contribution in [0.3, 0.4) is 0 Å². The second kappa shape index (κ2) is 7.11. The summed E-state index contributed by atoms with van der Waals surface area (Å²) < 4.78 is 5.15. The van der Waals surface area contributed by atoms with Crippen LogP contribution in [-0.4, -0.2) is 18.6 Å². The second-order valence-corrected chi connectivity index (χ2v) is 5.48. The number of rotatable bonds is 6. The van der Waals surface area contributed by atoms with E-state index in [2.05, 4.69) is 22.4 Å².